The SMILES string of the molecule is CCCOc1c(Cl)cc(/C=N\O)cc1Cl. The van der Waals surface area contributed by atoms with Crippen LogP contribution in [0.25, 0.3) is 0 Å². The average molecular weight is 248 g/mol. The van der Waals surface area contributed by atoms with Gasteiger partial charge < -0.3 is 9.94 Å². The molecule has 0 amide bonds. The summed E-state index contributed by atoms with van der Waals surface area (Å²) in [4.78, 5) is 0. The Morgan fingerprint density at radius 2 is 2.00 bits per heavy atom. The van der Waals surface area contributed by atoms with Gasteiger partial charge in [0.1, 0.15) is 0 Å². The van der Waals surface area contributed by atoms with E-state index in [2.05, 4.69) is 5.16 Å². The Labute approximate surface area is 98.3 Å². The molecule has 0 spiro atoms. The first kappa shape index (κ1) is 12.1. The maximum Gasteiger partial charge on any atom is 0.156 e. The zero-order valence-corrected chi connectivity index (χ0v) is 9.72. The molecule has 0 saturated carbocycles. The fourth-order valence-corrected chi connectivity index (χ4v) is 1.68. The van der Waals surface area contributed by atoms with Crippen molar-refractivity contribution in [3.8, 4) is 5.75 Å². The summed E-state index contributed by atoms with van der Waals surface area (Å²) >= 11 is 11.9. The molecular weight excluding hydrogens is 237 g/mol. The molecule has 0 fully saturated rings. The van der Waals surface area contributed by atoms with E-state index in [9.17, 15) is 0 Å². The van der Waals surface area contributed by atoms with Crippen LogP contribution in [-0.4, -0.2) is 18.0 Å². The molecular formula is C10H11Cl2NO2. The molecule has 0 saturated heterocycles. The van der Waals surface area contributed by atoms with Gasteiger partial charge in [0.05, 0.1) is 22.9 Å². The lowest BCUT2D eigenvalue weighted by molar-refractivity contribution is 0.317. The molecule has 5 heteroatoms. The molecule has 3 nitrogen and oxygen atoms in total. The van der Waals surface area contributed by atoms with Crippen molar-refractivity contribution in [2.75, 3.05) is 6.61 Å². The maximum absolute atomic E-state index is 8.36. The molecule has 0 atom stereocenters. The summed E-state index contributed by atoms with van der Waals surface area (Å²) in [5.41, 5.74) is 0.622. The van der Waals surface area contributed by atoms with Gasteiger partial charge in [0, 0.05) is 0 Å². The lowest BCUT2D eigenvalue weighted by atomic mass is 10.2. The van der Waals surface area contributed by atoms with E-state index in [0.717, 1.165) is 6.42 Å². The molecule has 0 radical (unpaired) electrons. The molecule has 1 N–H and O–H groups in total. The second-order valence-electron chi connectivity index (χ2n) is 2.91. The first-order valence-electron chi connectivity index (χ1n) is 4.48. The van der Waals surface area contributed by atoms with Crippen LogP contribution in [-0.2, 0) is 0 Å². The van der Waals surface area contributed by atoms with Crippen molar-refractivity contribution in [1.29, 1.82) is 0 Å². The lowest BCUT2D eigenvalue weighted by Crippen LogP contribution is -1.97. The number of ether oxygens (including phenoxy) is 1. The van der Waals surface area contributed by atoms with Crippen LogP contribution in [0.5, 0.6) is 5.75 Å². The third-order valence-electron chi connectivity index (χ3n) is 1.68. The Kier molecular flexibility index (Phi) is 4.72. The largest absolute Gasteiger partial charge is 0.490 e. The molecule has 0 aliphatic carbocycles. The number of hydrogen-bond acceptors (Lipinski definition) is 3. The zero-order chi connectivity index (χ0) is 11.3. The summed E-state index contributed by atoms with van der Waals surface area (Å²) in [5.74, 6) is 0.468. The summed E-state index contributed by atoms with van der Waals surface area (Å²) in [7, 11) is 0. The molecule has 15 heavy (non-hydrogen) atoms. The van der Waals surface area contributed by atoms with E-state index in [1.165, 1.54) is 6.21 Å². The van der Waals surface area contributed by atoms with Crippen LogP contribution in [0, 0.1) is 0 Å². The van der Waals surface area contributed by atoms with Crippen LogP contribution in [0.3, 0.4) is 0 Å². The van der Waals surface area contributed by atoms with Gasteiger partial charge in [-0.2, -0.15) is 0 Å². The molecule has 0 bridgehead atoms. The van der Waals surface area contributed by atoms with E-state index >= 15 is 0 Å². The van der Waals surface area contributed by atoms with Gasteiger partial charge in [0.15, 0.2) is 5.75 Å². The first-order valence-corrected chi connectivity index (χ1v) is 5.24. The minimum atomic E-state index is 0.408. The van der Waals surface area contributed by atoms with E-state index in [4.69, 9.17) is 33.1 Å². The normalized spacial score (nSPS) is 10.9. The van der Waals surface area contributed by atoms with Crippen molar-refractivity contribution >= 4 is 29.4 Å². The molecule has 0 heterocycles. The quantitative estimate of drug-likeness (QED) is 0.502. The minimum absolute atomic E-state index is 0.408. The van der Waals surface area contributed by atoms with E-state index in [1.54, 1.807) is 12.1 Å². The first-order chi connectivity index (χ1) is 7.19. The molecule has 0 aliphatic rings. The van der Waals surface area contributed by atoms with E-state index in [-0.39, 0.29) is 0 Å². The molecule has 0 aromatic heterocycles. The number of rotatable bonds is 4. The molecule has 82 valence electrons. The summed E-state index contributed by atoms with van der Waals surface area (Å²) in [6, 6.07) is 3.25. The monoisotopic (exact) mass is 247 g/mol. The average Bonchev–Trinajstić information content (AvgIpc) is 2.17. The summed E-state index contributed by atoms with van der Waals surface area (Å²) in [6.07, 6.45) is 2.13. The number of halogens is 2. The van der Waals surface area contributed by atoms with Crippen molar-refractivity contribution in [3.63, 3.8) is 0 Å². The topological polar surface area (TPSA) is 41.8 Å². The summed E-state index contributed by atoms with van der Waals surface area (Å²) in [5, 5.41) is 12.1. The molecule has 0 unspecified atom stereocenters. The van der Waals surface area contributed by atoms with Gasteiger partial charge in [-0.3, -0.25) is 0 Å². The minimum Gasteiger partial charge on any atom is -0.490 e. The Balaban J connectivity index is 2.98. The predicted molar refractivity (Wildman–Crippen MR) is 61.6 cm³/mol. The van der Waals surface area contributed by atoms with Crippen LogP contribution >= 0.6 is 23.2 Å². The highest BCUT2D eigenvalue weighted by molar-refractivity contribution is 6.37. The van der Waals surface area contributed by atoms with Gasteiger partial charge in [-0.05, 0) is 24.1 Å². The van der Waals surface area contributed by atoms with Gasteiger partial charge >= 0.3 is 0 Å². The second-order valence-corrected chi connectivity index (χ2v) is 3.72. The highest BCUT2D eigenvalue weighted by Crippen LogP contribution is 2.33. The fourth-order valence-electron chi connectivity index (χ4n) is 1.06. The lowest BCUT2D eigenvalue weighted by Gasteiger charge is -2.09. The van der Waals surface area contributed by atoms with E-state index in [0.29, 0.717) is 28.0 Å². The van der Waals surface area contributed by atoms with Crippen LogP contribution in [0.2, 0.25) is 10.0 Å². The standard InChI is InChI=1S/C10H11Cl2NO2/c1-2-3-15-10-8(11)4-7(6-13-14)5-9(10)12/h4-6,14H,2-3H2,1H3/b13-6-. The Morgan fingerprint density at radius 1 is 1.40 bits per heavy atom. The van der Waals surface area contributed by atoms with Crippen molar-refractivity contribution in [3.05, 3.63) is 27.7 Å². The van der Waals surface area contributed by atoms with Crippen LogP contribution in [0.1, 0.15) is 18.9 Å². The second kappa shape index (κ2) is 5.83. The van der Waals surface area contributed by atoms with Gasteiger partial charge in [-0.1, -0.05) is 35.3 Å². The van der Waals surface area contributed by atoms with Crippen molar-refractivity contribution in [1.82, 2.24) is 0 Å². The molecule has 1 aromatic carbocycles. The number of oxime groups is 1. The third kappa shape index (κ3) is 3.29. The van der Waals surface area contributed by atoms with Crippen LogP contribution in [0.15, 0.2) is 17.3 Å². The van der Waals surface area contributed by atoms with E-state index < -0.39 is 0 Å². The van der Waals surface area contributed by atoms with Crippen molar-refractivity contribution in [2.24, 2.45) is 5.16 Å². The van der Waals surface area contributed by atoms with Gasteiger partial charge in [-0.25, -0.2) is 0 Å². The van der Waals surface area contributed by atoms with Gasteiger partial charge in [0.25, 0.3) is 0 Å². The third-order valence-corrected chi connectivity index (χ3v) is 2.24. The molecule has 0 aliphatic heterocycles. The molecule has 1 aromatic rings. The Morgan fingerprint density at radius 3 is 2.47 bits per heavy atom. The summed E-state index contributed by atoms with van der Waals surface area (Å²) in [6.45, 7) is 2.56. The zero-order valence-electron chi connectivity index (χ0n) is 8.20. The number of benzene rings is 1. The van der Waals surface area contributed by atoms with Crippen molar-refractivity contribution in [2.45, 2.75) is 13.3 Å². The summed E-state index contributed by atoms with van der Waals surface area (Å²) < 4.78 is 5.38. The van der Waals surface area contributed by atoms with Gasteiger partial charge in [-0.15, -0.1) is 0 Å². The van der Waals surface area contributed by atoms with Crippen LogP contribution < -0.4 is 4.74 Å². The highest BCUT2D eigenvalue weighted by Gasteiger charge is 2.08. The highest BCUT2D eigenvalue weighted by atomic mass is 35.5. The Hall–Kier alpha value is -0.930. The van der Waals surface area contributed by atoms with Crippen molar-refractivity contribution < 1.29 is 9.94 Å². The maximum atomic E-state index is 8.36. The predicted octanol–water partition coefficient (Wildman–Crippen LogP) is 3.59. The number of nitrogens with zero attached hydrogens (tertiary/aromatic N) is 1. The Bertz CT molecular complexity index is 343. The van der Waals surface area contributed by atoms with Gasteiger partial charge in [0.2, 0.25) is 0 Å². The fraction of sp³-hybridized carbons (Fsp3) is 0.300. The molecule has 1 rings (SSSR count). The smallest absolute Gasteiger partial charge is 0.156 e. The van der Waals surface area contributed by atoms with Crippen LogP contribution in [0.4, 0.5) is 0 Å². The van der Waals surface area contributed by atoms with E-state index in [1.807, 2.05) is 6.92 Å². The number of hydrogen-bond donors (Lipinski definition) is 1.